The number of carboxylic acids is 1. The summed E-state index contributed by atoms with van der Waals surface area (Å²) in [4.78, 5) is 25.5. The highest BCUT2D eigenvalue weighted by Crippen LogP contribution is 2.36. The molecule has 1 aromatic rings. The number of nitrogens with zero attached hydrogens (tertiary/aromatic N) is 1. The number of hydrogen-bond acceptors (Lipinski definition) is 2. The minimum Gasteiger partial charge on any atom is -0.481 e. The molecule has 1 fully saturated rings. The summed E-state index contributed by atoms with van der Waals surface area (Å²) in [6.45, 7) is 4.24. The van der Waals surface area contributed by atoms with Gasteiger partial charge in [-0.25, -0.2) is 0 Å². The van der Waals surface area contributed by atoms with Crippen LogP contribution in [0.25, 0.3) is 0 Å². The molecular formula is C16H19Cl2NO3. The lowest BCUT2D eigenvalue weighted by Crippen LogP contribution is -2.48. The molecule has 0 spiro atoms. The van der Waals surface area contributed by atoms with E-state index in [-0.39, 0.29) is 11.9 Å². The Morgan fingerprint density at radius 1 is 1.23 bits per heavy atom. The highest BCUT2D eigenvalue weighted by Gasteiger charge is 2.43. The van der Waals surface area contributed by atoms with E-state index in [1.54, 1.807) is 17.0 Å². The van der Waals surface area contributed by atoms with E-state index in [0.29, 0.717) is 29.4 Å². The molecule has 1 saturated carbocycles. The Hall–Kier alpha value is -1.26. The van der Waals surface area contributed by atoms with Crippen molar-refractivity contribution in [1.82, 2.24) is 4.90 Å². The van der Waals surface area contributed by atoms with Crippen LogP contribution >= 0.6 is 23.2 Å². The van der Waals surface area contributed by atoms with Crippen molar-refractivity contribution in [2.75, 3.05) is 0 Å². The molecular weight excluding hydrogens is 325 g/mol. The lowest BCUT2D eigenvalue weighted by molar-refractivity contribution is -0.157. The Labute approximate surface area is 140 Å². The molecule has 0 aromatic heterocycles. The third-order valence-electron chi connectivity index (χ3n) is 4.15. The van der Waals surface area contributed by atoms with Crippen LogP contribution < -0.4 is 0 Å². The number of benzene rings is 1. The first-order chi connectivity index (χ1) is 10.3. The highest BCUT2D eigenvalue weighted by molar-refractivity contribution is 6.42. The molecule has 0 saturated heterocycles. The zero-order valence-corrected chi connectivity index (χ0v) is 14.1. The highest BCUT2D eigenvalue weighted by atomic mass is 35.5. The lowest BCUT2D eigenvalue weighted by atomic mass is 9.72. The maximum absolute atomic E-state index is 12.6. The molecule has 2 unspecified atom stereocenters. The van der Waals surface area contributed by atoms with E-state index in [4.69, 9.17) is 28.3 Å². The van der Waals surface area contributed by atoms with E-state index >= 15 is 0 Å². The Kier molecular flexibility index (Phi) is 5.35. The summed E-state index contributed by atoms with van der Waals surface area (Å²) in [5.41, 5.74) is 0.877. The standard InChI is InChI=1S/C16H19Cl2NO3/c1-9(2)19(8-10-3-6-13(17)14(18)7-10)15(20)11-4-5-12(11)16(21)22/h3,6-7,9,11-12H,4-5,8H2,1-2H3,(H,21,22). The Bertz CT molecular complexity index is 589. The minimum absolute atomic E-state index is 0.0167. The quantitative estimate of drug-likeness (QED) is 0.883. The number of rotatable bonds is 5. The molecule has 6 heteroatoms. The van der Waals surface area contributed by atoms with Crippen LogP contribution in [-0.4, -0.2) is 27.9 Å². The van der Waals surface area contributed by atoms with E-state index in [1.807, 2.05) is 19.9 Å². The molecule has 1 aliphatic carbocycles. The predicted molar refractivity (Wildman–Crippen MR) is 86.0 cm³/mol. The molecule has 1 aliphatic rings. The second-order valence-electron chi connectivity index (χ2n) is 5.94. The van der Waals surface area contributed by atoms with Gasteiger partial charge in [0.1, 0.15) is 0 Å². The van der Waals surface area contributed by atoms with E-state index in [2.05, 4.69) is 0 Å². The van der Waals surface area contributed by atoms with Gasteiger partial charge in [0, 0.05) is 12.6 Å². The zero-order valence-electron chi connectivity index (χ0n) is 12.6. The van der Waals surface area contributed by atoms with Crippen LogP contribution in [0.1, 0.15) is 32.3 Å². The van der Waals surface area contributed by atoms with Crippen LogP contribution in [0.3, 0.4) is 0 Å². The average molecular weight is 344 g/mol. The van der Waals surface area contributed by atoms with Crippen molar-refractivity contribution in [3.63, 3.8) is 0 Å². The summed E-state index contributed by atoms with van der Waals surface area (Å²) in [6, 6.07) is 5.25. The van der Waals surface area contributed by atoms with Crippen molar-refractivity contribution in [1.29, 1.82) is 0 Å². The third-order valence-corrected chi connectivity index (χ3v) is 4.89. The summed E-state index contributed by atoms with van der Waals surface area (Å²) in [7, 11) is 0. The molecule has 22 heavy (non-hydrogen) atoms. The van der Waals surface area contributed by atoms with Crippen LogP contribution in [0.5, 0.6) is 0 Å². The molecule has 1 amide bonds. The molecule has 0 radical (unpaired) electrons. The number of aliphatic carboxylic acids is 1. The fourth-order valence-electron chi connectivity index (χ4n) is 2.65. The van der Waals surface area contributed by atoms with Gasteiger partial charge in [0.25, 0.3) is 0 Å². The van der Waals surface area contributed by atoms with Crippen molar-refractivity contribution in [3.05, 3.63) is 33.8 Å². The minimum atomic E-state index is -0.886. The van der Waals surface area contributed by atoms with Crippen LogP contribution in [0.15, 0.2) is 18.2 Å². The van der Waals surface area contributed by atoms with Gasteiger partial charge < -0.3 is 10.0 Å². The zero-order chi connectivity index (χ0) is 16.4. The average Bonchev–Trinajstić information content (AvgIpc) is 2.37. The molecule has 0 heterocycles. The van der Waals surface area contributed by atoms with E-state index in [0.717, 1.165) is 5.56 Å². The number of hydrogen-bond donors (Lipinski definition) is 1. The van der Waals surface area contributed by atoms with Gasteiger partial charge in [-0.05, 0) is 44.4 Å². The van der Waals surface area contributed by atoms with Gasteiger partial charge in [-0.3, -0.25) is 9.59 Å². The number of halogens is 2. The van der Waals surface area contributed by atoms with Crippen molar-refractivity contribution in [2.45, 2.75) is 39.3 Å². The Balaban J connectivity index is 2.14. The molecule has 1 aromatic carbocycles. The van der Waals surface area contributed by atoms with Gasteiger partial charge in [-0.15, -0.1) is 0 Å². The Morgan fingerprint density at radius 2 is 1.86 bits per heavy atom. The fourth-order valence-corrected chi connectivity index (χ4v) is 2.97. The summed E-state index contributed by atoms with van der Waals surface area (Å²) < 4.78 is 0. The van der Waals surface area contributed by atoms with Crippen LogP contribution in [0.4, 0.5) is 0 Å². The van der Waals surface area contributed by atoms with Gasteiger partial charge >= 0.3 is 5.97 Å². The third kappa shape index (κ3) is 3.55. The first kappa shape index (κ1) is 17.1. The summed E-state index contributed by atoms with van der Waals surface area (Å²) in [5, 5.41) is 10.0. The van der Waals surface area contributed by atoms with E-state index < -0.39 is 17.8 Å². The summed E-state index contributed by atoms with van der Waals surface area (Å²) in [5.74, 6) is -1.95. The summed E-state index contributed by atoms with van der Waals surface area (Å²) >= 11 is 11.9. The molecule has 120 valence electrons. The van der Waals surface area contributed by atoms with Crippen LogP contribution in [-0.2, 0) is 16.1 Å². The number of carbonyl (C=O) groups excluding carboxylic acids is 1. The van der Waals surface area contributed by atoms with Gasteiger partial charge in [0.2, 0.25) is 5.91 Å². The Morgan fingerprint density at radius 3 is 2.32 bits per heavy atom. The second kappa shape index (κ2) is 6.88. The molecule has 0 bridgehead atoms. The molecule has 1 N–H and O–H groups in total. The number of carboxylic acid groups (broad SMARTS) is 1. The first-order valence-corrected chi connectivity index (χ1v) is 8.04. The van der Waals surface area contributed by atoms with Gasteiger partial charge in [-0.1, -0.05) is 29.3 Å². The predicted octanol–water partition coefficient (Wildman–Crippen LogP) is 3.84. The SMILES string of the molecule is CC(C)N(Cc1ccc(Cl)c(Cl)c1)C(=O)C1CCC1C(=O)O. The maximum atomic E-state index is 12.6. The van der Waals surface area contributed by atoms with Crippen molar-refractivity contribution in [2.24, 2.45) is 11.8 Å². The molecule has 2 atom stereocenters. The largest absolute Gasteiger partial charge is 0.481 e. The van der Waals surface area contributed by atoms with Crippen molar-refractivity contribution in [3.8, 4) is 0 Å². The molecule has 0 aliphatic heterocycles. The summed E-state index contributed by atoms with van der Waals surface area (Å²) in [6.07, 6.45) is 1.21. The second-order valence-corrected chi connectivity index (χ2v) is 6.75. The monoisotopic (exact) mass is 343 g/mol. The number of amides is 1. The lowest BCUT2D eigenvalue weighted by Gasteiger charge is -2.38. The normalized spacial score (nSPS) is 20.6. The van der Waals surface area contributed by atoms with Crippen molar-refractivity contribution >= 4 is 35.1 Å². The molecule has 2 rings (SSSR count). The van der Waals surface area contributed by atoms with Crippen molar-refractivity contribution < 1.29 is 14.7 Å². The smallest absolute Gasteiger partial charge is 0.307 e. The fraction of sp³-hybridized carbons (Fsp3) is 0.500. The van der Waals surface area contributed by atoms with Crippen LogP contribution in [0, 0.1) is 11.8 Å². The van der Waals surface area contributed by atoms with E-state index in [9.17, 15) is 9.59 Å². The van der Waals surface area contributed by atoms with Crippen LogP contribution in [0.2, 0.25) is 10.0 Å². The topological polar surface area (TPSA) is 57.6 Å². The van der Waals surface area contributed by atoms with Gasteiger partial charge in [0.05, 0.1) is 21.9 Å². The maximum Gasteiger partial charge on any atom is 0.307 e. The van der Waals surface area contributed by atoms with Gasteiger partial charge in [0.15, 0.2) is 0 Å². The number of carbonyl (C=O) groups is 2. The molecule has 4 nitrogen and oxygen atoms in total. The van der Waals surface area contributed by atoms with E-state index in [1.165, 1.54) is 0 Å². The van der Waals surface area contributed by atoms with Gasteiger partial charge in [-0.2, -0.15) is 0 Å². The first-order valence-electron chi connectivity index (χ1n) is 7.28.